The number of hydrogen-bond acceptors (Lipinski definition) is 3. The summed E-state index contributed by atoms with van der Waals surface area (Å²) in [5.74, 6) is -0.409. The van der Waals surface area contributed by atoms with Crippen molar-refractivity contribution in [3.8, 4) is 0 Å². The summed E-state index contributed by atoms with van der Waals surface area (Å²) in [4.78, 5) is 17.9. The van der Waals surface area contributed by atoms with Gasteiger partial charge in [0.15, 0.2) is 0 Å². The lowest BCUT2D eigenvalue weighted by molar-refractivity contribution is -0.137. The maximum atomic E-state index is 13.4. The third-order valence-electron chi connectivity index (χ3n) is 6.21. The molecule has 35 heavy (non-hydrogen) atoms. The second kappa shape index (κ2) is 9.99. The first-order chi connectivity index (χ1) is 16.5. The van der Waals surface area contributed by atoms with Crippen LogP contribution in [0.25, 0.3) is 0 Å². The highest BCUT2D eigenvalue weighted by Gasteiger charge is 2.31. The van der Waals surface area contributed by atoms with Crippen molar-refractivity contribution >= 4 is 41.1 Å². The molecule has 1 amide bonds. The number of nitrogens with one attached hydrogen (secondary N) is 2. The van der Waals surface area contributed by atoms with Crippen LogP contribution in [0.4, 0.5) is 28.9 Å². The van der Waals surface area contributed by atoms with Gasteiger partial charge in [0.1, 0.15) is 10.5 Å². The fourth-order valence-corrected chi connectivity index (χ4v) is 4.55. The van der Waals surface area contributed by atoms with E-state index in [2.05, 4.69) is 10.3 Å². The Morgan fingerprint density at radius 3 is 2.43 bits per heavy atom. The summed E-state index contributed by atoms with van der Waals surface area (Å²) >= 11 is 11.6. The molecule has 1 aromatic heterocycles. The number of aromatic amines is 1. The van der Waals surface area contributed by atoms with Crippen molar-refractivity contribution in [1.82, 2.24) is 9.88 Å². The number of pyridine rings is 1. The summed E-state index contributed by atoms with van der Waals surface area (Å²) in [7, 11) is 0. The molecule has 3 aromatic rings. The van der Waals surface area contributed by atoms with Crippen LogP contribution in [0.1, 0.15) is 45.8 Å². The highest BCUT2D eigenvalue weighted by Crippen LogP contribution is 2.36. The number of amides is 1. The van der Waals surface area contributed by atoms with E-state index in [1.54, 1.807) is 24.0 Å². The van der Waals surface area contributed by atoms with E-state index < -0.39 is 11.7 Å². The molecular formula is C25H22ClF4N3OS. The third-order valence-corrected chi connectivity index (χ3v) is 7.03. The molecule has 4 nitrogen and oxygen atoms in total. The molecule has 4 rings (SSSR count). The molecule has 1 aliphatic rings. The van der Waals surface area contributed by atoms with E-state index in [0.717, 1.165) is 17.7 Å². The number of piperidine rings is 1. The van der Waals surface area contributed by atoms with E-state index in [1.807, 2.05) is 0 Å². The van der Waals surface area contributed by atoms with Gasteiger partial charge in [0.05, 0.1) is 21.8 Å². The number of likely N-dealkylation sites (tertiary alicyclic amines) is 1. The van der Waals surface area contributed by atoms with Gasteiger partial charge in [0.25, 0.3) is 5.91 Å². The van der Waals surface area contributed by atoms with E-state index in [4.69, 9.17) is 23.8 Å². The molecule has 1 aliphatic heterocycles. The Hall–Kier alpha value is -2.91. The zero-order chi connectivity index (χ0) is 25.3. The van der Waals surface area contributed by atoms with Gasteiger partial charge in [0.2, 0.25) is 0 Å². The van der Waals surface area contributed by atoms with Crippen LogP contribution < -0.4 is 5.32 Å². The zero-order valence-electron chi connectivity index (χ0n) is 18.7. The van der Waals surface area contributed by atoms with Crippen molar-refractivity contribution in [3.63, 3.8) is 0 Å². The number of alkyl halides is 3. The van der Waals surface area contributed by atoms with Crippen LogP contribution >= 0.6 is 23.8 Å². The largest absolute Gasteiger partial charge is 0.416 e. The molecule has 0 bridgehead atoms. The van der Waals surface area contributed by atoms with Gasteiger partial charge in [-0.05, 0) is 61.1 Å². The van der Waals surface area contributed by atoms with Crippen LogP contribution in [0, 0.1) is 17.4 Å². The predicted molar refractivity (Wildman–Crippen MR) is 130 cm³/mol. The number of nitrogens with zero attached hydrogens (tertiary/aromatic N) is 1. The number of hydrogen-bond donors (Lipinski definition) is 2. The Balaban J connectivity index is 1.59. The molecule has 0 saturated carbocycles. The third kappa shape index (κ3) is 5.51. The Labute approximate surface area is 209 Å². The number of aryl methyl sites for hydroxylation is 1. The lowest BCUT2D eigenvalue weighted by atomic mass is 9.89. The minimum Gasteiger partial charge on any atom is -0.353 e. The maximum absolute atomic E-state index is 13.4. The minimum atomic E-state index is -4.52. The highest BCUT2D eigenvalue weighted by molar-refractivity contribution is 7.71. The number of carbonyl (C=O) groups is 1. The summed E-state index contributed by atoms with van der Waals surface area (Å²) < 4.78 is 53.1. The fraction of sp³-hybridized carbons (Fsp3) is 0.280. The van der Waals surface area contributed by atoms with Crippen LogP contribution in [0.15, 0.2) is 48.7 Å². The van der Waals surface area contributed by atoms with Crippen LogP contribution in [-0.2, 0) is 6.18 Å². The summed E-state index contributed by atoms with van der Waals surface area (Å²) in [6, 6.07) is 9.69. The number of halogens is 5. The molecular weight excluding hydrogens is 502 g/mol. The van der Waals surface area contributed by atoms with Crippen LogP contribution in [0.3, 0.4) is 0 Å². The van der Waals surface area contributed by atoms with E-state index in [9.17, 15) is 22.4 Å². The van der Waals surface area contributed by atoms with Crippen molar-refractivity contribution in [3.05, 3.63) is 86.4 Å². The molecule has 184 valence electrons. The number of rotatable bonds is 4. The van der Waals surface area contributed by atoms with Crippen molar-refractivity contribution in [2.45, 2.75) is 31.9 Å². The normalized spacial score (nSPS) is 14.7. The Bertz CT molecular complexity index is 1300. The smallest absolute Gasteiger partial charge is 0.353 e. The number of anilines is 2. The van der Waals surface area contributed by atoms with Crippen molar-refractivity contribution in [2.24, 2.45) is 0 Å². The first-order valence-corrected chi connectivity index (χ1v) is 11.7. The maximum Gasteiger partial charge on any atom is 0.416 e. The lowest BCUT2D eigenvalue weighted by Gasteiger charge is -2.33. The van der Waals surface area contributed by atoms with Crippen LogP contribution in [-0.4, -0.2) is 28.9 Å². The average Bonchev–Trinajstić information content (AvgIpc) is 2.83. The molecule has 0 spiro atoms. The summed E-state index contributed by atoms with van der Waals surface area (Å²) in [6.45, 7) is 2.59. The Kier molecular flexibility index (Phi) is 7.19. The molecule has 0 unspecified atom stereocenters. The van der Waals surface area contributed by atoms with E-state index in [0.29, 0.717) is 31.5 Å². The fourth-order valence-electron chi connectivity index (χ4n) is 4.18. The van der Waals surface area contributed by atoms with Crippen LogP contribution in [0.5, 0.6) is 0 Å². The Morgan fingerprint density at radius 2 is 1.80 bits per heavy atom. The van der Waals surface area contributed by atoms with E-state index in [-0.39, 0.29) is 44.2 Å². The van der Waals surface area contributed by atoms with Crippen molar-refractivity contribution in [1.29, 1.82) is 0 Å². The molecule has 1 fully saturated rings. The second-order valence-electron chi connectivity index (χ2n) is 8.49. The minimum absolute atomic E-state index is 0.0452. The summed E-state index contributed by atoms with van der Waals surface area (Å²) in [5, 5.41) is 2.97. The lowest BCUT2D eigenvalue weighted by Crippen LogP contribution is -2.38. The molecule has 0 aliphatic carbocycles. The van der Waals surface area contributed by atoms with Crippen molar-refractivity contribution in [2.75, 3.05) is 18.4 Å². The molecule has 2 N–H and O–H groups in total. The van der Waals surface area contributed by atoms with E-state index in [1.165, 1.54) is 24.4 Å². The molecule has 1 saturated heterocycles. The first kappa shape index (κ1) is 25.2. The topological polar surface area (TPSA) is 48.1 Å². The molecule has 2 aromatic carbocycles. The zero-order valence-corrected chi connectivity index (χ0v) is 20.3. The predicted octanol–water partition coefficient (Wildman–Crippen LogP) is 7.63. The van der Waals surface area contributed by atoms with Crippen molar-refractivity contribution < 1.29 is 22.4 Å². The van der Waals surface area contributed by atoms with Crippen LogP contribution in [0.2, 0.25) is 5.02 Å². The SMILES string of the molecule is Cc1ccc(C(F)(F)F)cc1Nc1c(C(=O)N2CCC(c3ccc(F)cc3)CC2)c[nH]c(=S)c1Cl. The van der Waals surface area contributed by atoms with Gasteiger partial charge >= 0.3 is 6.18 Å². The Morgan fingerprint density at radius 1 is 1.14 bits per heavy atom. The number of benzene rings is 2. The van der Waals surface area contributed by atoms with Gasteiger partial charge in [-0.2, -0.15) is 13.2 Å². The summed E-state index contributed by atoms with van der Waals surface area (Å²) in [5.41, 5.74) is 1.26. The second-order valence-corrected chi connectivity index (χ2v) is 9.28. The monoisotopic (exact) mass is 523 g/mol. The first-order valence-electron chi connectivity index (χ1n) is 11.0. The highest BCUT2D eigenvalue weighted by atomic mass is 35.5. The summed E-state index contributed by atoms with van der Waals surface area (Å²) in [6.07, 6.45) is -1.70. The number of H-pyrrole nitrogens is 1. The average molecular weight is 524 g/mol. The van der Waals surface area contributed by atoms with E-state index >= 15 is 0 Å². The number of carbonyl (C=O) groups excluding carboxylic acids is 1. The van der Waals surface area contributed by atoms with Gasteiger partial charge in [-0.3, -0.25) is 4.79 Å². The standard InChI is InChI=1S/C25H22ClF4N3OS/c1-14-2-5-17(25(28,29)30)12-20(14)32-22-19(13-31-23(35)21(22)26)24(34)33-10-8-16(9-11-33)15-3-6-18(27)7-4-15/h2-7,12-13,16H,8-11H2,1H3,(H2,31,32,35). The quantitative estimate of drug-likeness (QED) is 0.273. The van der Waals surface area contributed by atoms with Gasteiger partial charge < -0.3 is 15.2 Å². The molecule has 0 radical (unpaired) electrons. The van der Waals surface area contributed by atoms with Gasteiger partial charge in [-0.25, -0.2) is 4.39 Å². The molecule has 10 heteroatoms. The van der Waals surface area contributed by atoms with Gasteiger partial charge in [-0.15, -0.1) is 0 Å². The molecule has 2 heterocycles. The number of aromatic nitrogens is 1. The molecule has 0 atom stereocenters. The van der Waals surface area contributed by atoms with Gasteiger partial charge in [0, 0.05) is 25.0 Å². The van der Waals surface area contributed by atoms with Gasteiger partial charge in [-0.1, -0.05) is 42.0 Å².